The van der Waals surface area contributed by atoms with Gasteiger partial charge in [-0.1, -0.05) is 19.1 Å². The summed E-state index contributed by atoms with van der Waals surface area (Å²) < 4.78 is 4.80. The van der Waals surface area contributed by atoms with Crippen LogP contribution in [0.25, 0.3) is 0 Å². The first-order valence-corrected chi connectivity index (χ1v) is 8.55. The molecule has 0 aliphatic heterocycles. The molecule has 0 unspecified atom stereocenters. The molecule has 3 aliphatic carbocycles. The predicted molar refractivity (Wildman–Crippen MR) is 94.9 cm³/mol. The fraction of sp³-hybridized carbons (Fsp3) is 0.526. The first-order chi connectivity index (χ1) is 11.9. The maximum absolute atomic E-state index is 11.5. The van der Waals surface area contributed by atoms with E-state index in [1.54, 1.807) is 0 Å². The molecule has 2 amide bonds. The van der Waals surface area contributed by atoms with E-state index in [2.05, 4.69) is 10.6 Å². The molecule has 3 aliphatic rings. The van der Waals surface area contributed by atoms with Crippen LogP contribution in [0.4, 0.5) is 5.69 Å². The summed E-state index contributed by atoms with van der Waals surface area (Å²) >= 11 is 0. The van der Waals surface area contributed by atoms with Crippen molar-refractivity contribution in [2.75, 3.05) is 12.4 Å². The smallest absolute Gasteiger partial charge is 0.311 e. The Balaban J connectivity index is 0.000000196. The molecule has 136 valence electrons. The zero-order valence-electron chi connectivity index (χ0n) is 15.1. The molecule has 1 aromatic rings. The Hall–Kier alpha value is -2.37. The van der Waals surface area contributed by atoms with Crippen LogP contribution < -0.4 is 10.6 Å². The topological polar surface area (TPSA) is 84.5 Å². The highest BCUT2D eigenvalue weighted by molar-refractivity contribution is 5.82. The van der Waals surface area contributed by atoms with Gasteiger partial charge in [0.1, 0.15) is 0 Å². The summed E-state index contributed by atoms with van der Waals surface area (Å²) in [6, 6.07) is 7.65. The maximum atomic E-state index is 11.5. The Morgan fingerprint density at radius 2 is 2.00 bits per heavy atom. The van der Waals surface area contributed by atoms with Crippen LogP contribution in [0.2, 0.25) is 0 Å². The van der Waals surface area contributed by atoms with Crippen LogP contribution in [0.1, 0.15) is 44.6 Å². The Bertz CT molecular complexity index is 651. The van der Waals surface area contributed by atoms with Crippen molar-refractivity contribution in [2.24, 2.45) is 5.41 Å². The quantitative estimate of drug-likeness (QED) is 0.634. The van der Waals surface area contributed by atoms with Crippen LogP contribution in [-0.4, -0.2) is 30.9 Å². The summed E-state index contributed by atoms with van der Waals surface area (Å²) in [6.07, 6.45) is 4.47. The van der Waals surface area contributed by atoms with Crippen molar-refractivity contribution < 1.29 is 19.1 Å². The average molecular weight is 346 g/mol. The minimum absolute atomic E-state index is 0.0790. The molecule has 6 heteroatoms. The van der Waals surface area contributed by atoms with Crippen molar-refractivity contribution in [3.8, 4) is 0 Å². The van der Waals surface area contributed by atoms with Crippen LogP contribution in [-0.2, 0) is 19.1 Å². The van der Waals surface area contributed by atoms with Crippen LogP contribution >= 0.6 is 0 Å². The molecule has 4 rings (SSSR count). The van der Waals surface area contributed by atoms with Gasteiger partial charge in [0.15, 0.2) is 0 Å². The van der Waals surface area contributed by atoms with E-state index < -0.39 is 0 Å². The Kier molecular flexibility index (Phi) is 5.82. The molecule has 0 radical (unpaired) electrons. The van der Waals surface area contributed by atoms with Gasteiger partial charge in [0.05, 0.1) is 12.5 Å². The van der Waals surface area contributed by atoms with Gasteiger partial charge < -0.3 is 15.4 Å². The molecular formula is C19H26N2O4. The fourth-order valence-electron chi connectivity index (χ4n) is 3.88. The van der Waals surface area contributed by atoms with E-state index in [0.29, 0.717) is 12.8 Å². The molecule has 3 saturated carbocycles. The third kappa shape index (κ3) is 4.18. The summed E-state index contributed by atoms with van der Waals surface area (Å²) in [5, 5.41) is 5.60. The minimum Gasteiger partial charge on any atom is -0.469 e. The lowest BCUT2D eigenvalue weighted by molar-refractivity contribution is -0.159. The van der Waals surface area contributed by atoms with Crippen LogP contribution in [0.3, 0.4) is 0 Å². The number of amides is 2. The molecule has 0 saturated heterocycles. The van der Waals surface area contributed by atoms with Crippen molar-refractivity contribution in [2.45, 2.75) is 51.5 Å². The number of nitrogens with one attached hydrogen (secondary N) is 2. The molecule has 2 bridgehead atoms. The molecule has 2 N–H and O–H groups in total. The molecule has 0 heterocycles. The number of methoxy groups -OCH3 is 1. The summed E-state index contributed by atoms with van der Waals surface area (Å²) in [6.45, 7) is 3.82. The second-order valence-electron chi connectivity index (χ2n) is 6.94. The number of aryl methyl sites for hydroxylation is 1. The van der Waals surface area contributed by atoms with Crippen molar-refractivity contribution in [3.05, 3.63) is 29.8 Å². The number of carbonyl (C=O) groups excluding carboxylic acids is 3. The summed E-state index contributed by atoms with van der Waals surface area (Å²) in [4.78, 5) is 32.8. The maximum Gasteiger partial charge on any atom is 0.311 e. The van der Waals surface area contributed by atoms with Gasteiger partial charge in [-0.05, 0) is 50.3 Å². The number of rotatable bonds is 5. The monoisotopic (exact) mass is 346 g/mol. The number of esters is 1. The van der Waals surface area contributed by atoms with Gasteiger partial charge in [0.25, 0.3) is 0 Å². The molecule has 0 aromatic heterocycles. The SMILES string of the molecule is CCC(=O)NC12CCC(C(=O)OC)(C1)C2.Cc1cccc(NC=O)c1. The van der Waals surface area contributed by atoms with E-state index in [4.69, 9.17) is 4.74 Å². The number of hydrogen-bond donors (Lipinski definition) is 2. The Morgan fingerprint density at radius 3 is 2.56 bits per heavy atom. The molecular weight excluding hydrogens is 320 g/mol. The summed E-state index contributed by atoms with van der Waals surface area (Å²) in [5.74, 6) is -0.0308. The van der Waals surface area contributed by atoms with Crippen molar-refractivity contribution in [3.63, 3.8) is 0 Å². The highest BCUT2D eigenvalue weighted by Crippen LogP contribution is 2.61. The lowest BCUT2D eigenvalue weighted by atomic mass is 9.65. The summed E-state index contributed by atoms with van der Waals surface area (Å²) in [5.41, 5.74) is 1.61. The predicted octanol–water partition coefficient (Wildman–Crippen LogP) is 2.56. The lowest BCUT2D eigenvalue weighted by Gasteiger charge is -2.45. The second-order valence-corrected chi connectivity index (χ2v) is 6.94. The average Bonchev–Trinajstić information content (AvgIpc) is 3.11. The van der Waals surface area contributed by atoms with Gasteiger partial charge in [-0.25, -0.2) is 0 Å². The van der Waals surface area contributed by atoms with Crippen molar-refractivity contribution >= 4 is 24.0 Å². The largest absolute Gasteiger partial charge is 0.469 e. The molecule has 6 nitrogen and oxygen atoms in total. The third-order valence-electron chi connectivity index (χ3n) is 5.02. The van der Waals surface area contributed by atoms with Crippen LogP contribution in [0.5, 0.6) is 0 Å². The van der Waals surface area contributed by atoms with Crippen molar-refractivity contribution in [1.82, 2.24) is 5.32 Å². The number of ether oxygens (including phenoxy) is 1. The zero-order chi connectivity index (χ0) is 18.5. The van der Waals surface area contributed by atoms with E-state index >= 15 is 0 Å². The van der Waals surface area contributed by atoms with Gasteiger partial charge in [0, 0.05) is 17.6 Å². The molecule has 3 fully saturated rings. The van der Waals surface area contributed by atoms with Crippen LogP contribution in [0, 0.1) is 12.3 Å². The van der Waals surface area contributed by atoms with E-state index in [1.165, 1.54) is 7.11 Å². The first kappa shape index (κ1) is 19.0. The highest BCUT2D eigenvalue weighted by atomic mass is 16.5. The van der Waals surface area contributed by atoms with Gasteiger partial charge in [-0.15, -0.1) is 0 Å². The highest BCUT2D eigenvalue weighted by Gasteiger charge is 2.65. The number of anilines is 1. The zero-order valence-corrected chi connectivity index (χ0v) is 15.1. The lowest BCUT2D eigenvalue weighted by Crippen LogP contribution is -2.57. The standard InChI is InChI=1S/C11H17NO3.C8H9NO/c1-3-8(13)12-11-5-4-10(6-11,7-11)9(14)15-2;1-7-3-2-4-8(5-7)9-6-10/h3-7H2,1-2H3,(H,12,13);2-6H,1H3,(H,9,10). The molecule has 1 aromatic carbocycles. The van der Waals surface area contributed by atoms with E-state index in [1.807, 2.05) is 38.1 Å². The van der Waals surface area contributed by atoms with Gasteiger partial charge >= 0.3 is 5.97 Å². The second kappa shape index (κ2) is 7.68. The fourth-order valence-corrected chi connectivity index (χ4v) is 3.88. The number of fused-ring (bicyclic) bond motifs is 1. The molecule has 25 heavy (non-hydrogen) atoms. The molecule has 0 atom stereocenters. The van der Waals surface area contributed by atoms with Crippen molar-refractivity contribution in [1.29, 1.82) is 0 Å². The summed E-state index contributed by atoms with van der Waals surface area (Å²) in [7, 11) is 1.43. The van der Waals surface area contributed by atoms with E-state index in [0.717, 1.165) is 36.9 Å². The van der Waals surface area contributed by atoms with E-state index in [-0.39, 0.29) is 22.8 Å². The molecule has 0 spiro atoms. The normalized spacial score (nSPS) is 25.7. The van der Waals surface area contributed by atoms with Gasteiger partial charge in [-0.2, -0.15) is 0 Å². The number of hydrogen-bond acceptors (Lipinski definition) is 4. The van der Waals surface area contributed by atoms with Gasteiger partial charge in [0.2, 0.25) is 12.3 Å². The number of carbonyl (C=O) groups is 3. The third-order valence-corrected chi connectivity index (χ3v) is 5.02. The number of benzene rings is 1. The van der Waals surface area contributed by atoms with Crippen LogP contribution in [0.15, 0.2) is 24.3 Å². The Labute approximate surface area is 148 Å². The minimum atomic E-state index is -0.282. The Morgan fingerprint density at radius 1 is 1.28 bits per heavy atom. The first-order valence-electron chi connectivity index (χ1n) is 8.55. The van der Waals surface area contributed by atoms with E-state index in [9.17, 15) is 14.4 Å². The van der Waals surface area contributed by atoms with Gasteiger partial charge in [-0.3, -0.25) is 14.4 Å².